The molecule has 0 amide bonds. The van der Waals surface area contributed by atoms with Crippen molar-refractivity contribution in [2.45, 2.75) is 24.7 Å². The van der Waals surface area contributed by atoms with Crippen LogP contribution in [0, 0.1) is 0 Å². The van der Waals surface area contributed by atoms with Crippen LogP contribution < -0.4 is 5.32 Å². The van der Waals surface area contributed by atoms with Crippen LogP contribution in [0.25, 0.3) is 0 Å². The highest BCUT2D eigenvalue weighted by Crippen LogP contribution is 2.26. The van der Waals surface area contributed by atoms with E-state index in [4.69, 9.17) is 0 Å². The summed E-state index contributed by atoms with van der Waals surface area (Å²) in [6, 6.07) is 5.33. The molecule has 0 aliphatic carbocycles. The fourth-order valence-corrected chi connectivity index (χ4v) is 3.50. The zero-order valence-corrected chi connectivity index (χ0v) is 12.3. The lowest BCUT2D eigenvalue weighted by Gasteiger charge is -2.21. The summed E-state index contributed by atoms with van der Waals surface area (Å²) in [7, 11) is -1.85. The van der Waals surface area contributed by atoms with Gasteiger partial charge in [0.25, 0.3) is 0 Å². The predicted octanol–water partition coefficient (Wildman–Crippen LogP) is 2.24. The summed E-state index contributed by atoms with van der Waals surface area (Å²) in [6.45, 7) is 6.81. The summed E-state index contributed by atoms with van der Waals surface area (Å²) in [4.78, 5) is 0.337. The largest absolute Gasteiger partial charge is 0.385 e. The number of nitrogens with one attached hydrogen (secondary N) is 1. The third kappa shape index (κ3) is 2.98. The van der Waals surface area contributed by atoms with Gasteiger partial charge < -0.3 is 5.32 Å². The van der Waals surface area contributed by atoms with E-state index >= 15 is 0 Å². The second kappa shape index (κ2) is 5.35. The molecule has 1 aromatic rings. The van der Waals surface area contributed by atoms with Crippen LogP contribution in [0.1, 0.15) is 18.9 Å². The molecule has 0 aromatic heterocycles. The van der Waals surface area contributed by atoms with E-state index in [2.05, 4.69) is 11.9 Å². The van der Waals surface area contributed by atoms with E-state index in [1.807, 2.05) is 13.0 Å². The van der Waals surface area contributed by atoms with Crippen molar-refractivity contribution in [2.24, 2.45) is 0 Å². The van der Waals surface area contributed by atoms with Crippen LogP contribution in [-0.2, 0) is 16.4 Å². The number of likely N-dealkylation sites (N-methyl/N-ethyl adjacent to an activating group) is 1. The molecular weight excluding hydrogens is 260 g/mol. The zero-order chi connectivity index (χ0) is 14.0. The molecule has 1 aromatic carbocycles. The Bertz CT molecular complexity index is 593. The van der Waals surface area contributed by atoms with Gasteiger partial charge in [-0.25, -0.2) is 8.42 Å². The number of sulfonamides is 1. The summed E-state index contributed by atoms with van der Waals surface area (Å²) < 4.78 is 26.2. The number of aryl methyl sites for hydroxylation is 1. The quantitative estimate of drug-likeness (QED) is 0.861. The number of benzene rings is 1. The molecule has 0 saturated heterocycles. The van der Waals surface area contributed by atoms with E-state index < -0.39 is 10.0 Å². The molecule has 5 heteroatoms. The van der Waals surface area contributed by atoms with Gasteiger partial charge in [0, 0.05) is 25.8 Å². The van der Waals surface area contributed by atoms with Gasteiger partial charge in [0.1, 0.15) is 0 Å². The molecule has 19 heavy (non-hydrogen) atoms. The lowest BCUT2D eigenvalue weighted by atomic mass is 10.0. The molecule has 0 atom stereocenters. The fourth-order valence-electron chi connectivity index (χ4n) is 2.25. The first-order valence-corrected chi connectivity index (χ1v) is 7.83. The Hall–Kier alpha value is -1.33. The molecule has 0 fully saturated rings. The van der Waals surface area contributed by atoms with E-state index in [0.29, 0.717) is 11.4 Å². The number of anilines is 1. The Morgan fingerprint density at radius 1 is 1.47 bits per heavy atom. The molecule has 1 aliphatic rings. The van der Waals surface area contributed by atoms with E-state index in [-0.39, 0.29) is 0 Å². The maximum atomic E-state index is 12.4. The summed E-state index contributed by atoms with van der Waals surface area (Å²) in [5.41, 5.74) is 2.95. The highest BCUT2D eigenvalue weighted by atomic mass is 32.2. The maximum absolute atomic E-state index is 12.4. The normalized spacial score (nSPS) is 14.9. The Balaban J connectivity index is 2.33. The number of rotatable bonds is 4. The van der Waals surface area contributed by atoms with Crippen LogP contribution in [0.2, 0.25) is 0 Å². The molecule has 0 unspecified atom stereocenters. The number of fused-ring (bicyclic) bond motifs is 1. The highest BCUT2D eigenvalue weighted by Gasteiger charge is 2.22. The van der Waals surface area contributed by atoms with E-state index in [9.17, 15) is 8.42 Å². The first-order valence-electron chi connectivity index (χ1n) is 6.39. The molecule has 0 bridgehead atoms. The van der Waals surface area contributed by atoms with Gasteiger partial charge in [0.05, 0.1) is 4.90 Å². The molecule has 1 heterocycles. The molecule has 0 saturated carbocycles. The van der Waals surface area contributed by atoms with Gasteiger partial charge in [-0.3, -0.25) is 0 Å². The third-order valence-electron chi connectivity index (χ3n) is 3.22. The van der Waals surface area contributed by atoms with Gasteiger partial charge in [-0.1, -0.05) is 18.2 Å². The minimum atomic E-state index is -3.44. The summed E-state index contributed by atoms with van der Waals surface area (Å²) >= 11 is 0. The minimum absolute atomic E-state index is 0.337. The van der Waals surface area contributed by atoms with Crippen molar-refractivity contribution in [1.29, 1.82) is 0 Å². The first kappa shape index (κ1) is 14.1. The molecule has 0 spiro atoms. The second-order valence-electron chi connectivity index (χ2n) is 5.07. The van der Waals surface area contributed by atoms with Crippen molar-refractivity contribution in [3.8, 4) is 0 Å². The zero-order valence-electron chi connectivity index (χ0n) is 11.4. The van der Waals surface area contributed by atoms with Crippen LogP contribution >= 0.6 is 0 Å². The molecule has 104 valence electrons. The van der Waals surface area contributed by atoms with E-state index in [1.54, 1.807) is 19.2 Å². The Kier molecular flexibility index (Phi) is 3.96. The van der Waals surface area contributed by atoms with Gasteiger partial charge in [-0.2, -0.15) is 4.31 Å². The first-order chi connectivity index (χ1) is 8.91. The summed E-state index contributed by atoms with van der Waals surface area (Å²) in [6.07, 6.45) is 2.10. The Morgan fingerprint density at radius 2 is 2.21 bits per heavy atom. The van der Waals surface area contributed by atoms with Gasteiger partial charge in [-0.15, -0.1) is 0 Å². The van der Waals surface area contributed by atoms with Gasteiger partial charge >= 0.3 is 0 Å². The molecule has 1 N–H and O–H groups in total. The highest BCUT2D eigenvalue weighted by molar-refractivity contribution is 7.89. The number of hydrogen-bond acceptors (Lipinski definition) is 3. The van der Waals surface area contributed by atoms with Crippen LogP contribution in [0.5, 0.6) is 0 Å². The van der Waals surface area contributed by atoms with Gasteiger partial charge in [-0.05, 0) is 37.5 Å². The summed E-state index contributed by atoms with van der Waals surface area (Å²) in [5.74, 6) is 0. The van der Waals surface area contributed by atoms with Crippen molar-refractivity contribution in [2.75, 3.05) is 25.5 Å². The minimum Gasteiger partial charge on any atom is -0.385 e. The van der Waals surface area contributed by atoms with Crippen molar-refractivity contribution < 1.29 is 8.42 Å². The van der Waals surface area contributed by atoms with Gasteiger partial charge in [0.15, 0.2) is 0 Å². The molecule has 0 radical (unpaired) electrons. The monoisotopic (exact) mass is 280 g/mol. The van der Waals surface area contributed by atoms with Crippen LogP contribution in [0.15, 0.2) is 35.2 Å². The second-order valence-corrected chi connectivity index (χ2v) is 7.11. The number of nitrogens with zero attached hydrogens (tertiary/aromatic N) is 1. The van der Waals surface area contributed by atoms with E-state index in [0.717, 1.165) is 30.6 Å². The predicted molar refractivity (Wildman–Crippen MR) is 77.9 cm³/mol. The van der Waals surface area contributed by atoms with Crippen LogP contribution in [-0.4, -0.2) is 32.9 Å². The maximum Gasteiger partial charge on any atom is 0.243 e. The Morgan fingerprint density at radius 3 is 2.89 bits per heavy atom. The SMILES string of the molecule is C=C(C)CN(C)S(=O)(=O)c1ccc2c(c1)NCCC2. The van der Waals surface area contributed by atoms with Gasteiger partial charge in [0.2, 0.25) is 10.0 Å². The van der Waals surface area contributed by atoms with Crippen molar-refractivity contribution >= 4 is 15.7 Å². The molecule has 4 nitrogen and oxygen atoms in total. The van der Waals surface area contributed by atoms with E-state index in [1.165, 1.54) is 9.87 Å². The van der Waals surface area contributed by atoms with Crippen LogP contribution in [0.3, 0.4) is 0 Å². The standard InChI is InChI=1S/C14H20N2O2S/c1-11(2)10-16(3)19(17,18)13-7-6-12-5-4-8-15-14(12)9-13/h6-7,9,15H,1,4-5,8,10H2,2-3H3. The average Bonchev–Trinajstić information content (AvgIpc) is 2.37. The Labute approximate surface area is 115 Å². The topological polar surface area (TPSA) is 49.4 Å². The smallest absolute Gasteiger partial charge is 0.243 e. The summed E-state index contributed by atoms with van der Waals surface area (Å²) in [5, 5.41) is 3.25. The molecular formula is C14H20N2O2S. The lowest BCUT2D eigenvalue weighted by Crippen LogP contribution is -2.28. The van der Waals surface area contributed by atoms with Crippen molar-refractivity contribution in [1.82, 2.24) is 4.31 Å². The van der Waals surface area contributed by atoms with Crippen molar-refractivity contribution in [3.63, 3.8) is 0 Å². The fraction of sp³-hybridized carbons (Fsp3) is 0.429. The van der Waals surface area contributed by atoms with Crippen LogP contribution in [0.4, 0.5) is 5.69 Å². The number of hydrogen-bond donors (Lipinski definition) is 1. The average molecular weight is 280 g/mol. The third-order valence-corrected chi connectivity index (χ3v) is 5.02. The van der Waals surface area contributed by atoms with Crippen molar-refractivity contribution in [3.05, 3.63) is 35.9 Å². The lowest BCUT2D eigenvalue weighted by molar-refractivity contribution is 0.493. The molecule has 1 aliphatic heterocycles. The molecule has 2 rings (SSSR count).